The highest BCUT2D eigenvalue weighted by molar-refractivity contribution is 5.92. The van der Waals surface area contributed by atoms with Crippen molar-refractivity contribution in [3.63, 3.8) is 0 Å². The molecule has 8 nitrogen and oxygen atoms in total. The molecule has 104 valence electrons. The molecule has 2 amide bonds. The van der Waals surface area contributed by atoms with E-state index in [-0.39, 0.29) is 37.6 Å². The van der Waals surface area contributed by atoms with Gasteiger partial charge in [-0.25, -0.2) is 9.59 Å². The molecule has 0 spiro atoms. The van der Waals surface area contributed by atoms with Crippen molar-refractivity contribution in [1.82, 2.24) is 9.88 Å². The number of aromatic nitrogens is 1. The number of carboxylic acid groups (broad SMARTS) is 1. The van der Waals surface area contributed by atoms with Gasteiger partial charge >= 0.3 is 12.0 Å². The first kappa shape index (κ1) is 14.9. The van der Waals surface area contributed by atoms with Gasteiger partial charge in [0.25, 0.3) is 0 Å². The lowest BCUT2D eigenvalue weighted by atomic mass is 10.2. The van der Waals surface area contributed by atoms with Gasteiger partial charge < -0.3 is 25.5 Å². The Kier molecular flexibility index (Phi) is 5.71. The summed E-state index contributed by atoms with van der Waals surface area (Å²) in [6, 6.07) is 0.718. The molecule has 0 bridgehead atoms. The molecule has 1 rings (SSSR count). The van der Waals surface area contributed by atoms with E-state index in [9.17, 15) is 9.59 Å². The molecule has 0 radical (unpaired) electrons. The van der Waals surface area contributed by atoms with Crippen molar-refractivity contribution in [2.24, 2.45) is 0 Å². The fourth-order valence-electron chi connectivity index (χ4n) is 1.38. The van der Waals surface area contributed by atoms with E-state index in [1.54, 1.807) is 0 Å². The van der Waals surface area contributed by atoms with Crippen LogP contribution in [0.3, 0.4) is 0 Å². The summed E-state index contributed by atoms with van der Waals surface area (Å²) in [5, 5.41) is 28.8. The molecule has 0 saturated carbocycles. The highest BCUT2D eigenvalue weighted by Gasteiger charge is 2.13. The fraction of sp³-hybridized carbons (Fsp3) is 0.364. The van der Waals surface area contributed by atoms with Crippen molar-refractivity contribution in [2.45, 2.75) is 0 Å². The molecular weight excluding hydrogens is 254 g/mol. The molecule has 1 heterocycles. The Bertz CT molecular complexity index is 446. The van der Waals surface area contributed by atoms with Gasteiger partial charge in [-0.3, -0.25) is 4.98 Å². The number of nitrogens with zero attached hydrogens (tertiary/aromatic N) is 2. The summed E-state index contributed by atoms with van der Waals surface area (Å²) in [4.78, 5) is 27.4. The van der Waals surface area contributed by atoms with Crippen LogP contribution in [0.1, 0.15) is 10.4 Å². The van der Waals surface area contributed by atoms with Crippen LogP contribution in [0.15, 0.2) is 18.5 Å². The molecule has 1 aromatic rings. The Morgan fingerprint density at radius 3 is 2.37 bits per heavy atom. The van der Waals surface area contributed by atoms with Gasteiger partial charge in [-0.05, 0) is 6.07 Å². The molecule has 8 heteroatoms. The number of anilines is 1. The number of rotatable bonds is 6. The van der Waals surface area contributed by atoms with Gasteiger partial charge in [0, 0.05) is 19.3 Å². The van der Waals surface area contributed by atoms with Crippen LogP contribution in [-0.2, 0) is 0 Å². The van der Waals surface area contributed by atoms with Gasteiger partial charge in [-0.1, -0.05) is 0 Å². The number of aliphatic hydroxyl groups is 2. The van der Waals surface area contributed by atoms with Gasteiger partial charge in [0.2, 0.25) is 0 Å². The number of pyridine rings is 1. The Hall–Kier alpha value is -2.19. The van der Waals surface area contributed by atoms with Crippen molar-refractivity contribution in [3.8, 4) is 0 Å². The quantitative estimate of drug-likeness (QED) is 0.557. The largest absolute Gasteiger partial charge is 0.478 e. The van der Waals surface area contributed by atoms with Crippen molar-refractivity contribution in [2.75, 3.05) is 31.6 Å². The number of urea groups is 1. The molecule has 19 heavy (non-hydrogen) atoms. The highest BCUT2D eigenvalue weighted by Crippen LogP contribution is 2.09. The van der Waals surface area contributed by atoms with Crippen molar-refractivity contribution in [1.29, 1.82) is 0 Å². The molecule has 0 saturated heterocycles. The topological polar surface area (TPSA) is 123 Å². The third-order valence-electron chi connectivity index (χ3n) is 2.26. The van der Waals surface area contributed by atoms with Crippen LogP contribution >= 0.6 is 0 Å². The zero-order valence-corrected chi connectivity index (χ0v) is 10.1. The second-order valence-electron chi connectivity index (χ2n) is 3.63. The first-order valence-corrected chi connectivity index (χ1v) is 5.54. The van der Waals surface area contributed by atoms with Crippen LogP contribution < -0.4 is 5.32 Å². The lowest BCUT2D eigenvalue weighted by molar-refractivity contribution is 0.0696. The summed E-state index contributed by atoms with van der Waals surface area (Å²) in [6.45, 7) is -0.335. The third kappa shape index (κ3) is 4.53. The molecular formula is C11H15N3O5. The lowest BCUT2D eigenvalue weighted by Gasteiger charge is -2.21. The second-order valence-corrected chi connectivity index (χ2v) is 3.63. The number of aliphatic hydroxyl groups excluding tert-OH is 2. The van der Waals surface area contributed by atoms with Gasteiger partial charge in [0.05, 0.1) is 30.7 Å². The van der Waals surface area contributed by atoms with Crippen LogP contribution in [0.5, 0.6) is 0 Å². The van der Waals surface area contributed by atoms with Crippen molar-refractivity contribution < 1.29 is 24.9 Å². The summed E-state index contributed by atoms with van der Waals surface area (Å²) in [5.74, 6) is -1.15. The molecule has 0 atom stereocenters. The number of carbonyl (C=O) groups excluding carboxylic acids is 1. The van der Waals surface area contributed by atoms with E-state index < -0.39 is 12.0 Å². The van der Waals surface area contributed by atoms with E-state index in [1.807, 2.05) is 0 Å². The minimum absolute atomic E-state index is 0.0475. The zero-order chi connectivity index (χ0) is 14.3. The van der Waals surface area contributed by atoms with Crippen LogP contribution in [0, 0.1) is 0 Å². The maximum atomic E-state index is 11.8. The smallest absolute Gasteiger partial charge is 0.337 e. The first-order valence-electron chi connectivity index (χ1n) is 5.54. The SMILES string of the molecule is O=C(O)c1cncc(NC(=O)N(CCO)CCO)c1. The predicted molar refractivity (Wildman–Crippen MR) is 66.0 cm³/mol. The van der Waals surface area contributed by atoms with Gasteiger partial charge in [-0.15, -0.1) is 0 Å². The third-order valence-corrected chi connectivity index (χ3v) is 2.26. The minimum atomic E-state index is -1.15. The highest BCUT2D eigenvalue weighted by atomic mass is 16.4. The summed E-state index contributed by atoms with van der Waals surface area (Å²) < 4.78 is 0. The second kappa shape index (κ2) is 7.29. The summed E-state index contributed by atoms with van der Waals surface area (Å²) in [6.07, 6.45) is 2.47. The predicted octanol–water partition coefficient (Wildman–Crippen LogP) is -0.402. The Morgan fingerprint density at radius 1 is 1.21 bits per heavy atom. The fourth-order valence-corrected chi connectivity index (χ4v) is 1.38. The Morgan fingerprint density at radius 2 is 1.84 bits per heavy atom. The van der Waals surface area contributed by atoms with Crippen LogP contribution in [0.25, 0.3) is 0 Å². The van der Waals surface area contributed by atoms with Crippen molar-refractivity contribution in [3.05, 3.63) is 24.0 Å². The lowest BCUT2D eigenvalue weighted by Crippen LogP contribution is -2.39. The van der Waals surface area contributed by atoms with Crippen LogP contribution in [-0.4, -0.2) is 63.5 Å². The average Bonchev–Trinajstić information content (AvgIpc) is 2.38. The zero-order valence-electron chi connectivity index (χ0n) is 10.1. The number of amides is 2. The maximum Gasteiger partial charge on any atom is 0.337 e. The molecule has 4 N–H and O–H groups in total. The normalized spacial score (nSPS) is 10.0. The Balaban J connectivity index is 2.74. The molecule has 0 aliphatic carbocycles. The molecule has 0 aromatic carbocycles. The Labute approximate surface area is 109 Å². The van der Waals surface area contributed by atoms with Crippen molar-refractivity contribution >= 4 is 17.7 Å². The van der Waals surface area contributed by atoms with Gasteiger partial charge in [-0.2, -0.15) is 0 Å². The van der Waals surface area contributed by atoms with Crippen LogP contribution in [0.4, 0.5) is 10.5 Å². The molecule has 0 aliphatic rings. The summed E-state index contributed by atoms with van der Waals surface area (Å²) in [5.41, 5.74) is 0.180. The van der Waals surface area contributed by atoms with Gasteiger partial charge in [0.15, 0.2) is 0 Å². The number of carboxylic acids is 1. The van der Waals surface area contributed by atoms with Crippen LogP contribution in [0.2, 0.25) is 0 Å². The number of carbonyl (C=O) groups is 2. The standard InChI is InChI=1S/C11H15N3O5/c15-3-1-14(2-4-16)11(19)13-9-5-8(10(17)18)6-12-7-9/h5-7,15-16H,1-4H2,(H,13,19)(H,17,18). The van der Waals surface area contributed by atoms with E-state index in [1.165, 1.54) is 17.2 Å². The molecule has 0 aliphatic heterocycles. The molecule has 0 fully saturated rings. The minimum Gasteiger partial charge on any atom is -0.478 e. The average molecular weight is 269 g/mol. The van der Waals surface area contributed by atoms with E-state index in [0.29, 0.717) is 0 Å². The number of nitrogens with one attached hydrogen (secondary N) is 1. The van der Waals surface area contributed by atoms with E-state index in [0.717, 1.165) is 6.20 Å². The number of hydrogen-bond donors (Lipinski definition) is 4. The molecule has 0 unspecified atom stereocenters. The van der Waals surface area contributed by atoms with E-state index >= 15 is 0 Å². The number of aromatic carboxylic acids is 1. The number of hydrogen-bond acceptors (Lipinski definition) is 5. The maximum absolute atomic E-state index is 11.8. The summed E-state index contributed by atoms with van der Waals surface area (Å²) >= 11 is 0. The van der Waals surface area contributed by atoms with Gasteiger partial charge in [0.1, 0.15) is 0 Å². The summed E-state index contributed by atoms with van der Waals surface area (Å²) in [7, 11) is 0. The van der Waals surface area contributed by atoms with E-state index in [2.05, 4.69) is 10.3 Å². The monoisotopic (exact) mass is 269 g/mol. The van der Waals surface area contributed by atoms with E-state index in [4.69, 9.17) is 15.3 Å². The first-order chi connectivity index (χ1) is 9.08. The molecule has 1 aromatic heterocycles.